The van der Waals surface area contributed by atoms with Crippen molar-refractivity contribution in [3.05, 3.63) is 112 Å². The average molecular weight is 1230 g/mol. The summed E-state index contributed by atoms with van der Waals surface area (Å²) in [5.41, 5.74) is -1.60. The molecule has 25 heteroatoms. The highest BCUT2D eigenvalue weighted by molar-refractivity contribution is 7.52. The Morgan fingerprint density at radius 3 is 2.11 bits per heavy atom. The topological polar surface area (TPSA) is 277 Å². The third-order valence-corrected chi connectivity index (χ3v) is 18.9. The molecule has 5 aromatic rings. The van der Waals surface area contributed by atoms with Crippen molar-refractivity contribution in [1.82, 2.24) is 41.0 Å². The van der Waals surface area contributed by atoms with Crippen LogP contribution < -0.4 is 21.3 Å². The number of nitrogens with one attached hydrogen (secondary N) is 4. The number of alkyl halides is 2. The lowest BCUT2D eigenvalue weighted by Gasteiger charge is -2.38. The minimum absolute atomic E-state index is 0.00334. The Labute approximate surface area is 500 Å². The van der Waals surface area contributed by atoms with Gasteiger partial charge in [0.05, 0.1) is 39.2 Å². The summed E-state index contributed by atoms with van der Waals surface area (Å²) in [6, 6.07) is 17.0. The van der Waals surface area contributed by atoms with E-state index in [2.05, 4.69) is 26.3 Å². The first kappa shape index (κ1) is 64.5. The first-order valence-electron chi connectivity index (χ1n) is 28.3. The van der Waals surface area contributed by atoms with Gasteiger partial charge in [0.15, 0.2) is 0 Å². The molecule has 0 bridgehead atoms. The maximum Gasteiger partial charge on any atom is 0.399 e. The molecule has 8 rings (SSSR count). The van der Waals surface area contributed by atoms with Crippen LogP contribution in [0, 0.1) is 17.8 Å². The number of fused-ring (bicyclic) bond motifs is 1. The van der Waals surface area contributed by atoms with Crippen LogP contribution in [0.3, 0.4) is 0 Å². The fraction of sp³-hybridized carbons (Fsp3) is 0.500. The number of rotatable bonds is 19. The van der Waals surface area contributed by atoms with Crippen LogP contribution in [-0.4, -0.2) is 152 Å². The van der Waals surface area contributed by atoms with Crippen LogP contribution in [0.2, 0.25) is 0 Å². The number of hydrogen-bond donors (Lipinski definition) is 7. The van der Waals surface area contributed by atoms with Crippen molar-refractivity contribution in [3.8, 4) is 10.4 Å². The molecular formula is C60H75F2N8O12PS2. The van der Waals surface area contributed by atoms with E-state index in [9.17, 15) is 61.8 Å². The molecule has 5 heterocycles. The summed E-state index contributed by atoms with van der Waals surface area (Å²) in [4.78, 5) is 127. The number of aliphatic hydroxyl groups excluding tert-OH is 1. The number of carbonyl (C=O) groups excluding carboxylic acids is 7. The van der Waals surface area contributed by atoms with Gasteiger partial charge in [-0.15, -0.1) is 22.7 Å². The number of β-amino-alcohol motifs (C(OH)–C–C–N with tert-alkyl or cyclic N) is 1. The quantitative estimate of drug-likeness (QED) is 0.0412. The number of ether oxygens (including phenoxy) is 1. The third-order valence-electron chi connectivity index (χ3n) is 15.9. The van der Waals surface area contributed by atoms with E-state index < -0.39 is 114 Å². The highest BCUT2D eigenvalue weighted by Crippen LogP contribution is 2.59. The molecule has 458 valence electrons. The van der Waals surface area contributed by atoms with E-state index in [-0.39, 0.29) is 61.0 Å². The fourth-order valence-electron chi connectivity index (χ4n) is 11.1. The van der Waals surface area contributed by atoms with E-state index >= 15 is 0 Å². The van der Waals surface area contributed by atoms with Crippen molar-refractivity contribution in [2.45, 2.75) is 141 Å². The van der Waals surface area contributed by atoms with Crippen molar-refractivity contribution in [3.63, 3.8) is 0 Å². The Hall–Kier alpha value is -6.53. The van der Waals surface area contributed by atoms with Gasteiger partial charge in [-0.3, -0.25) is 38.1 Å². The molecular weight excluding hydrogens is 1160 g/mol. The molecule has 0 saturated carbocycles. The fourth-order valence-corrected chi connectivity index (χ4v) is 13.4. The van der Waals surface area contributed by atoms with Gasteiger partial charge in [-0.05, 0) is 77.8 Å². The van der Waals surface area contributed by atoms with Crippen LogP contribution in [0.4, 0.5) is 8.78 Å². The first-order valence-corrected chi connectivity index (χ1v) is 31.6. The van der Waals surface area contributed by atoms with Gasteiger partial charge in [-0.2, -0.15) is 8.78 Å². The van der Waals surface area contributed by atoms with Gasteiger partial charge in [0, 0.05) is 68.2 Å². The van der Waals surface area contributed by atoms with Crippen molar-refractivity contribution >= 4 is 81.7 Å². The number of nitrogens with zero attached hydrogens (tertiary/aromatic N) is 4. The highest BCUT2D eigenvalue weighted by atomic mass is 32.1. The van der Waals surface area contributed by atoms with Gasteiger partial charge in [-0.1, -0.05) is 102 Å². The number of aliphatic hydroxyl groups is 1. The molecule has 85 heavy (non-hydrogen) atoms. The zero-order valence-corrected chi connectivity index (χ0v) is 51.3. The number of aromatic nitrogens is 1. The number of halogens is 2. The molecule has 20 nitrogen and oxygen atoms in total. The maximum absolute atomic E-state index is 15.0. The van der Waals surface area contributed by atoms with Gasteiger partial charge in [-0.25, -0.2) is 4.98 Å². The molecule has 3 aliphatic rings. The van der Waals surface area contributed by atoms with Crippen LogP contribution in [0.5, 0.6) is 0 Å². The van der Waals surface area contributed by atoms with Crippen molar-refractivity contribution in [2.24, 2.45) is 10.8 Å². The van der Waals surface area contributed by atoms with Gasteiger partial charge < -0.3 is 55.6 Å². The van der Waals surface area contributed by atoms with Crippen LogP contribution in [-0.2, 0) is 43.7 Å². The summed E-state index contributed by atoms with van der Waals surface area (Å²) in [5, 5.41) is 22.1. The van der Waals surface area contributed by atoms with Crippen molar-refractivity contribution in [1.29, 1.82) is 0 Å². The Morgan fingerprint density at radius 2 is 1.47 bits per heavy atom. The number of benzene rings is 3. The van der Waals surface area contributed by atoms with Crippen LogP contribution >= 0.6 is 30.3 Å². The van der Waals surface area contributed by atoms with Gasteiger partial charge >= 0.3 is 13.3 Å². The number of piperidine rings is 1. The molecule has 7 N–H and O–H groups in total. The Kier molecular flexibility index (Phi) is 19.9. The van der Waals surface area contributed by atoms with Crippen LogP contribution in [0.15, 0.2) is 84.4 Å². The third kappa shape index (κ3) is 15.2. The molecule has 0 unspecified atom stereocenters. The molecule has 8 atom stereocenters. The minimum Gasteiger partial charge on any atom is -0.391 e. The molecule has 2 aromatic heterocycles. The monoisotopic (exact) mass is 1230 g/mol. The summed E-state index contributed by atoms with van der Waals surface area (Å²) in [6.07, 6.45) is -0.484. The number of likely N-dealkylation sites (tertiary alicyclic amines) is 3. The summed E-state index contributed by atoms with van der Waals surface area (Å²) < 4.78 is 47.4. The SMILES string of the molecule is Cc1ncsc1-c1ccc([C@H](C)NC(=O)[C@@H]2C[C@@H](O)CN2C(=O)[C@@H](NC(=O)CCNC(=O)CO[C@H]2C[C@@H](C(=O)N3CCC[C@H](c4ccccc4)C3)N(C(=O)[C@@H](NC(=O)c3cc4cc(C(F)(F)P(=O)(O)O)ccc4s3)C(C)(C)C)C2)C(C)(C)C)cc1. The number of amides is 7. The number of carbonyl (C=O) groups is 7. The van der Waals surface area contributed by atoms with E-state index in [1.165, 1.54) is 33.3 Å². The Balaban J connectivity index is 0.891. The highest BCUT2D eigenvalue weighted by Gasteiger charge is 2.51. The second kappa shape index (κ2) is 26.2. The predicted octanol–water partition coefficient (Wildman–Crippen LogP) is 6.97. The van der Waals surface area contributed by atoms with Gasteiger partial charge in [0.25, 0.3) is 5.91 Å². The standard InChI is InChI=1S/C60H75F2N8O12PS2/c1-34(36-16-18-38(19-17-36)50-35(2)64-33-84-50)65-53(74)44-27-42(71)30-69(44)56(77)51(58(3,4)5)66-48(72)22-23-63-49(73)32-82-43-28-45(55(76)68-24-12-15-39(29-68)37-13-10-9-11-14-37)70(31-43)57(78)52(59(6,7)8)67-54(75)47-26-40-25-41(20-21-46(40)85-47)60(61,62)83(79,80)81/h9-11,13-14,16-21,25-26,33-34,39,42-45,51-52,71H,12,15,22-24,27-32H2,1-8H3,(H,63,73)(H,65,74)(H,66,72)(H,67,75)(H2,79,80,81)/t34-,39-,42+,43-,44-,45-,51+,52+/m0/s1. The summed E-state index contributed by atoms with van der Waals surface area (Å²) in [6.45, 7) is 14.1. The van der Waals surface area contributed by atoms with Crippen LogP contribution in [0.1, 0.15) is 125 Å². The van der Waals surface area contributed by atoms with Crippen LogP contribution in [0.25, 0.3) is 20.5 Å². The molecule has 3 aliphatic heterocycles. The summed E-state index contributed by atoms with van der Waals surface area (Å²) >= 11 is 2.46. The minimum atomic E-state index is -5.88. The van der Waals surface area contributed by atoms with Crippen molar-refractivity contribution in [2.75, 3.05) is 39.3 Å². The van der Waals surface area contributed by atoms with Gasteiger partial charge in [0.2, 0.25) is 35.4 Å². The molecule has 7 amide bonds. The van der Waals surface area contributed by atoms with E-state index in [0.29, 0.717) is 24.2 Å². The largest absolute Gasteiger partial charge is 0.399 e. The second-order valence-corrected chi connectivity index (χ2v) is 28.0. The molecule has 0 aliphatic carbocycles. The number of aryl methyl sites for hydroxylation is 1. The zero-order chi connectivity index (χ0) is 61.9. The maximum atomic E-state index is 15.0. The van der Waals surface area contributed by atoms with E-state index in [1.54, 1.807) is 52.0 Å². The van der Waals surface area contributed by atoms with E-state index in [0.717, 1.165) is 57.2 Å². The average Bonchev–Trinajstić information content (AvgIpc) is 3.63. The lowest BCUT2D eigenvalue weighted by molar-refractivity contribution is -0.147. The van der Waals surface area contributed by atoms with Gasteiger partial charge in [0.1, 0.15) is 30.8 Å². The second-order valence-electron chi connectivity index (χ2n) is 24.4. The number of thiophene rings is 1. The lowest BCUT2D eigenvalue weighted by Crippen LogP contribution is -2.58. The zero-order valence-electron chi connectivity index (χ0n) is 48.8. The predicted molar refractivity (Wildman–Crippen MR) is 317 cm³/mol. The Morgan fingerprint density at radius 1 is 0.812 bits per heavy atom. The van der Waals surface area contributed by atoms with E-state index in [1.807, 2.05) is 68.4 Å². The van der Waals surface area contributed by atoms with E-state index in [4.69, 9.17) is 4.74 Å². The summed E-state index contributed by atoms with van der Waals surface area (Å²) in [7, 11) is -5.88. The molecule has 0 spiro atoms. The smallest absolute Gasteiger partial charge is 0.391 e. The molecule has 3 fully saturated rings. The lowest BCUT2D eigenvalue weighted by atomic mass is 9.85. The summed E-state index contributed by atoms with van der Waals surface area (Å²) in [5.74, 6) is -3.80. The number of thiazole rings is 1. The Bertz CT molecular complexity index is 3330. The van der Waals surface area contributed by atoms with Crippen molar-refractivity contribution < 1.29 is 66.5 Å². The molecule has 3 aromatic carbocycles. The number of hydrogen-bond acceptors (Lipinski definition) is 13. The molecule has 0 radical (unpaired) electrons. The molecule has 3 saturated heterocycles. The first-order chi connectivity index (χ1) is 39.9. The normalized spacial score (nSPS) is 20.6.